The van der Waals surface area contributed by atoms with Crippen LogP contribution >= 0.6 is 0 Å². The Morgan fingerprint density at radius 3 is 2.42 bits per heavy atom. The highest BCUT2D eigenvalue weighted by Crippen LogP contribution is 2.35. The molecule has 13 nitrogen and oxygen atoms in total. The van der Waals surface area contributed by atoms with Gasteiger partial charge in [0.15, 0.2) is 11.6 Å². The molecule has 3 heterocycles. The lowest BCUT2D eigenvalue weighted by molar-refractivity contribution is -0.142. The van der Waals surface area contributed by atoms with Crippen LogP contribution in [-0.2, 0) is 26.4 Å². The van der Waals surface area contributed by atoms with Crippen molar-refractivity contribution in [2.24, 2.45) is 0 Å². The number of ether oxygens (including phenoxy) is 3. The number of benzene rings is 2. The number of carbonyl (C=O) groups is 2. The van der Waals surface area contributed by atoms with Gasteiger partial charge >= 0.3 is 5.97 Å². The first-order valence-corrected chi connectivity index (χ1v) is 17.2. The van der Waals surface area contributed by atoms with Crippen molar-refractivity contribution in [1.82, 2.24) is 30.4 Å². The first-order valence-electron chi connectivity index (χ1n) is 17.2. The highest BCUT2D eigenvalue weighted by Gasteiger charge is 2.39. The maximum Gasteiger partial charge on any atom is 0.329 e. The van der Waals surface area contributed by atoms with Gasteiger partial charge in [-0.3, -0.25) is 9.78 Å². The van der Waals surface area contributed by atoms with Crippen LogP contribution in [-0.4, -0.2) is 95.2 Å². The maximum absolute atomic E-state index is 13.2. The summed E-state index contributed by atoms with van der Waals surface area (Å²) in [6.07, 6.45) is 8.66. The molecule has 1 aliphatic rings. The lowest BCUT2D eigenvalue weighted by Gasteiger charge is -2.40. The first-order chi connectivity index (χ1) is 24.4. The molecule has 0 saturated carbocycles. The molecule has 1 fully saturated rings. The van der Waals surface area contributed by atoms with Crippen LogP contribution in [0.4, 0.5) is 5.69 Å². The second-order valence-corrected chi connectivity index (χ2v) is 12.5. The van der Waals surface area contributed by atoms with Crippen LogP contribution in [0.3, 0.4) is 0 Å². The number of H-pyrrole nitrogens is 1. The van der Waals surface area contributed by atoms with E-state index in [1.54, 1.807) is 12.4 Å². The van der Waals surface area contributed by atoms with E-state index in [1.165, 1.54) is 0 Å². The molecule has 0 aliphatic carbocycles. The number of nitrogens with one attached hydrogen (secondary N) is 3. The quantitative estimate of drug-likeness (QED) is 0.0937. The molecule has 4 aromatic rings. The Morgan fingerprint density at radius 1 is 0.900 bits per heavy atom. The number of carboxylic acids is 1. The predicted molar refractivity (Wildman–Crippen MR) is 189 cm³/mol. The standard InChI is InChI=1S/C37H47N7O6/c1-44-19-15-37(16-20-44,36-40-34(42-43-36)29-13-17-38-18-14-29)41-31-8-5-7-30(25-31)35(47)39-26-28-9-11-32(12-10-28)50-24-4-2-3-21-48-22-6-23-49-27-33(45)46/h5,7-14,17-18,25,41H,2-4,6,15-16,19-24,26-27H2,1H3,(H,39,47)(H,45,46)(H,40,42,43). The van der Waals surface area contributed by atoms with E-state index in [9.17, 15) is 9.59 Å². The van der Waals surface area contributed by atoms with E-state index in [0.717, 1.165) is 73.6 Å². The number of rotatable bonds is 20. The third kappa shape index (κ3) is 11.1. The number of carbonyl (C=O) groups excluding carboxylic acids is 1. The number of nitrogens with zero attached hydrogens (tertiary/aromatic N) is 4. The van der Waals surface area contributed by atoms with E-state index in [4.69, 9.17) is 19.3 Å². The van der Waals surface area contributed by atoms with Gasteiger partial charge in [-0.25, -0.2) is 4.79 Å². The molecule has 2 aromatic carbocycles. The fourth-order valence-corrected chi connectivity index (χ4v) is 5.74. The van der Waals surface area contributed by atoms with Gasteiger partial charge in [0.2, 0.25) is 0 Å². The number of hydrogen-bond donors (Lipinski definition) is 4. The van der Waals surface area contributed by atoms with Crippen LogP contribution in [0, 0.1) is 0 Å². The molecule has 5 rings (SSSR count). The lowest BCUT2D eigenvalue weighted by atomic mass is 9.86. The highest BCUT2D eigenvalue weighted by atomic mass is 16.5. The van der Waals surface area contributed by atoms with Crippen molar-refractivity contribution in [2.45, 2.75) is 50.6 Å². The molecule has 4 N–H and O–H groups in total. The number of likely N-dealkylation sites (tertiary alicyclic amines) is 1. The molecule has 13 heteroatoms. The number of hydrogen-bond acceptors (Lipinski definition) is 10. The molecular formula is C37H47N7O6. The zero-order chi connectivity index (χ0) is 35.0. The molecule has 0 atom stereocenters. The van der Waals surface area contributed by atoms with Crippen LogP contribution in [0.1, 0.15) is 60.3 Å². The van der Waals surface area contributed by atoms with E-state index in [0.29, 0.717) is 50.8 Å². The Kier molecular flexibility index (Phi) is 13.7. The number of piperidine rings is 1. The van der Waals surface area contributed by atoms with Crippen molar-refractivity contribution in [2.75, 3.05) is 58.5 Å². The summed E-state index contributed by atoms with van der Waals surface area (Å²) in [7, 11) is 2.12. The summed E-state index contributed by atoms with van der Waals surface area (Å²) in [6, 6.07) is 19.2. The summed E-state index contributed by atoms with van der Waals surface area (Å²) < 4.78 is 16.4. The van der Waals surface area contributed by atoms with Gasteiger partial charge in [-0.2, -0.15) is 0 Å². The average molecular weight is 686 g/mol. The molecule has 1 saturated heterocycles. The van der Waals surface area contributed by atoms with Crippen LogP contribution in [0.5, 0.6) is 5.75 Å². The molecule has 0 unspecified atom stereocenters. The average Bonchev–Trinajstić information content (AvgIpc) is 3.64. The highest BCUT2D eigenvalue weighted by molar-refractivity contribution is 5.95. The lowest BCUT2D eigenvalue weighted by Crippen LogP contribution is -2.46. The van der Waals surface area contributed by atoms with Crippen molar-refractivity contribution in [3.05, 3.63) is 90.0 Å². The van der Waals surface area contributed by atoms with Crippen LogP contribution in [0.2, 0.25) is 0 Å². The van der Waals surface area contributed by atoms with Gasteiger partial charge in [0.05, 0.1) is 12.1 Å². The van der Waals surface area contributed by atoms with Gasteiger partial charge < -0.3 is 39.8 Å². The molecule has 266 valence electrons. The summed E-state index contributed by atoms with van der Waals surface area (Å²) >= 11 is 0. The van der Waals surface area contributed by atoms with Crippen molar-refractivity contribution in [3.63, 3.8) is 0 Å². The van der Waals surface area contributed by atoms with E-state index < -0.39 is 11.5 Å². The minimum atomic E-state index is -0.960. The summed E-state index contributed by atoms with van der Waals surface area (Å²) in [5.41, 5.74) is 2.86. The minimum absolute atomic E-state index is 0.151. The fourth-order valence-electron chi connectivity index (χ4n) is 5.74. The monoisotopic (exact) mass is 685 g/mol. The summed E-state index contributed by atoms with van der Waals surface area (Å²) in [6.45, 7) is 4.15. The minimum Gasteiger partial charge on any atom is -0.494 e. The first kappa shape index (κ1) is 36.4. The molecule has 2 aromatic heterocycles. The normalized spacial score (nSPS) is 14.3. The Hall–Kier alpha value is -4.85. The van der Waals surface area contributed by atoms with Gasteiger partial charge in [0, 0.05) is 68.7 Å². The molecule has 1 amide bonds. The number of carboxylic acid groups (broad SMARTS) is 1. The number of aliphatic carboxylic acids is 1. The largest absolute Gasteiger partial charge is 0.494 e. The van der Waals surface area contributed by atoms with Gasteiger partial charge in [0.25, 0.3) is 5.91 Å². The molecule has 0 spiro atoms. The molecule has 1 aliphatic heterocycles. The van der Waals surface area contributed by atoms with Crippen molar-refractivity contribution < 1.29 is 28.9 Å². The Bertz CT molecular complexity index is 1620. The Morgan fingerprint density at radius 2 is 1.64 bits per heavy atom. The van der Waals surface area contributed by atoms with Gasteiger partial charge in [-0.1, -0.05) is 18.2 Å². The van der Waals surface area contributed by atoms with E-state index >= 15 is 0 Å². The molecular weight excluding hydrogens is 638 g/mol. The van der Waals surface area contributed by atoms with Crippen LogP contribution in [0.25, 0.3) is 11.4 Å². The second-order valence-electron chi connectivity index (χ2n) is 12.5. The summed E-state index contributed by atoms with van der Waals surface area (Å²) in [5.74, 6) is 1.16. The Balaban J connectivity index is 1.05. The topological polar surface area (TPSA) is 164 Å². The van der Waals surface area contributed by atoms with Gasteiger partial charge in [-0.15, -0.1) is 10.2 Å². The number of pyridine rings is 1. The number of amides is 1. The number of anilines is 1. The maximum atomic E-state index is 13.2. The van der Waals surface area contributed by atoms with Crippen molar-refractivity contribution in [1.29, 1.82) is 0 Å². The number of aromatic nitrogens is 4. The second kappa shape index (κ2) is 18.8. The number of aromatic amines is 1. The molecule has 50 heavy (non-hydrogen) atoms. The molecule has 0 radical (unpaired) electrons. The van der Waals surface area contributed by atoms with E-state index in [2.05, 4.69) is 42.7 Å². The van der Waals surface area contributed by atoms with Crippen LogP contribution in [0.15, 0.2) is 73.1 Å². The van der Waals surface area contributed by atoms with Gasteiger partial charge in [0.1, 0.15) is 12.4 Å². The van der Waals surface area contributed by atoms with E-state index in [1.807, 2.05) is 60.7 Å². The third-order valence-corrected chi connectivity index (χ3v) is 8.62. The summed E-state index contributed by atoms with van der Waals surface area (Å²) in [5, 5.41) is 24.3. The zero-order valence-electron chi connectivity index (χ0n) is 28.6. The Labute approximate surface area is 292 Å². The fraction of sp³-hybridized carbons (Fsp3) is 0.432. The van der Waals surface area contributed by atoms with Crippen LogP contribution < -0.4 is 15.4 Å². The predicted octanol–water partition coefficient (Wildman–Crippen LogP) is 4.89. The molecule has 0 bridgehead atoms. The number of unbranched alkanes of at least 4 members (excludes halogenated alkanes) is 2. The smallest absolute Gasteiger partial charge is 0.329 e. The summed E-state index contributed by atoms with van der Waals surface area (Å²) in [4.78, 5) is 33.4. The van der Waals surface area contributed by atoms with E-state index in [-0.39, 0.29) is 12.5 Å². The zero-order valence-corrected chi connectivity index (χ0v) is 28.6. The van der Waals surface area contributed by atoms with Gasteiger partial charge in [-0.05, 0) is 93.6 Å². The van der Waals surface area contributed by atoms with Crippen molar-refractivity contribution in [3.8, 4) is 17.1 Å². The SMILES string of the molecule is CN1CCC(Nc2cccc(C(=O)NCc3ccc(OCCCCCOCCCOCC(=O)O)cc3)c2)(c2nnc(-c3ccncc3)[nH]2)CC1. The third-order valence-electron chi connectivity index (χ3n) is 8.62. The van der Waals surface area contributed by atoms with Crippen molar-refractivity contribution >= 4 is 17.6 Å².